The number of nitrogens with one attached hydrogen (secondary N) is 1. The highest BCUT2D eigenvalue weighted by Gasteiger charge is 2.32. The van der Waals surface area contributed by atoms with Gasteiger partial charge in [0.25, 0.3) is 0 Å². The predicted molar refractivity (Wildman–Crippen MR) is 80.4 cm³/mol. The van der Waals surface area contributed by atoms with Gasteiger partial charge in [0.2, 0.25) is 0 Å². The largest absolute Gasteiger partial charge is 0.315 e. The molecule has 0 aromatic rings. The van der Waals surface area contributed by atoms with Crippen molar-refractivity contribution >= 4 is 0 Å². The quantitative estimate of drug-likeness (QED) is 0.839. The molecule has 2 atom stereocenters. The lowest BCUT2D eigenvalue weighted by molar-refractivity contribution is 0.0880. The Morgan fingerprint density at radius 3 is 2.47 bits per heavy atom. The lowest BCUT2D eigenvalue weighted by Crippen LogP contribution is -2.53. The average Bonchev–Trinajstić information content (AvgIpc) is 2.96. The van der Waals surface area contributed by atoms with Crippen LogP contribution in [0.3, 0.4) is 0 Å². The molecule has 3 aliphatic heterocycles. The molecule has 3 heteroatoms. The highest BCUT2D eigenvalue weighted by atomic mass is 15.2. The van der Waals surface area contributed by atoms with Gasteiger partial charge in [0.1, 0.15) is 0 Å². The van der Waals surface area contributed by atoms with Gasteiger partial charge in [0, 0.05) is 19.1 Å². The molecular weight excluding hydrogens is 234 g/mol. The monoisotopic (exact) mass is 265 g/mol. The Bertz CT molecular complexity index is 267. The summed E-state index contributed by atoms with van der Waals surface area (Å²) in [4.78, 5) is 5.52. The fourth-order valence-corrected chi connectivity index (χ4v) is 4.19. The summed E-state index contributed by atoms with van der Waals surface area (Å²) in [5.41, 5.74) is 0. The van der Waals surface area contributed by atoms with Gasteiger partial charge in [-0.05, 0) is 76.7 Å². The van der Waals surface area contributed by atoms with Crippen LogP contribution in [-0.4, -0.2) is 61.7 Å². The Morgan fingerprint density at radius 2 is 1.74 bits per heavy atom. The van der Waals surface area contributed by atoms with Crippen LogP contribution in [0.15, 0.2) is 0 Å². The first kappa shape index (κ1) is 13.8. The van der Waals surface area contributed by atoms with Crippen LogP contribution in [0.5, 0.6) is 0 Å². The fraction of sp³-hybridized carbons (Fsp3) is 1.00. The number of rotatable bonds is 3. The Kier molecular flexibility index (Phi) is 4.78. The van der Waals surface area contributed by atoms with Gasteiger partial charge in [-0.3, -0.25) is 4.90 Å². The maximum absolute atomic E-state index is 3.63. The van der Waals surface area contributed by atoms with Gasteiger partial charge in [-0.25, -0.2) is 0 Å². The maximum Gasteiger partial charge on any atom is 0.0261 e. The predicted octanol–water partition coefficient (Wildman–Crippen LogP) is 1.79. The van der Waals surface area contributed by atoms with Crippen molar-refractivity contribution in [1.82, 2.24) is 15.1 Å². The van der Waals surface area contributed by atoms with Crippen molar-refractivity contribution in [2.45, 2.75) is 45.1 Å². The molecule has 3 nitrogen and oxygen atoms in total. The van der Waals surface area contributed by atoms with Crippen LogP contribution in [0.1, 0.15) is 39.0 Å². The molecule has 3 aliphatic rings. The molecular formula is C16H31N3. The standard InChI is InChI=1S/C16H31N3/c1-14-5-10-18(11-6-14)13-15-4-7-17-12-16(15)19-8-2-3-9-19/h14-17H,2-13H2,1H3. The summed E-state index contributed by atoms with van der Waals surface area (Å²) in [5.74, 6) is 1.87. The third kappa shape index (κ3) is 3.50. The Balaban J connectivity index is 1.54. The molecule has 3 fully saturated rings. The number of likely N-dealkylation sites (tertiary alicyclic amines) is 2. The summed E-state index contributed by atoms with van der Waals surface area (Å²) in [6.45, 7) is 11.6. The molecule has 3 saturated heterocycles. The normalized spacial score (nSPS) is 35.8. The van der Waals surface area contributed by atoms with Gasteiger partial charge < -0.3 is 10.2 Å². The van der Waals surface area contributed by atoms with Crippen LogP contribution in [0.25, 0.3) is 0 Å². The Morgan fingerprint density at radius 1 is 1.00 bits per heavy atom. The summed E-state index contributed by atoms with van der Waals surface area (Å²) in [7, 11) is 0. The van der Waals surface area contributed by atoms with E-state index in [4.69, 9.17) is 0 Å². The first-order valence-electron chi connectivity index (χ1n) is 8.50. The van der Waals surface area contributed by atoms with E-state index in [1.165, 1.54) is 77.9 Å². The molecule has 1 N–H and O–H groups in total. The summed E-state index contributed by atoms with van der Waals surface area (Å²) >= 11 is 0. The zero-order valence-corrected chi connectivity index (χ0v) is 12.6. The van der Waals surface area contributed by atoms with Crippen molar-refractivity contribution in [3.05, 3.63) is 0 Å². The highest BCUT2D eigenvalue weighted by molar-refractivity contribution is 4.89. The van der Waals surface area contributed by atoms with E-state index in [1.54, 1.807) is 0 Å². The lowest BCUT2D eigenvalue weighted by atomic mass is 9.89. The molecule has 0 radical (unpaired) electrons. The number of piperidine rings is 2. The third-order valence-electron chi connectivity index (χ3n) is 5.57. The van der Waals surface area contributed by atoms with Gasteiger partial charge in [-0.1, -0.05) is 6.92 Å². The molecule has 0 spiro atoms. The fourth-order valence-electron chi connectivity index (χ4n) is 4.19. The molecule has 3 heterocycles. The van der Waals surface area contributed by atoms with Crippen LogP contribution in [-0.2, 0) is 0 Å². The maximum atomic E-state index is 3.63. The smallest absolute Gasteiger partial charge is 0.0261 e. The zero-order valence-electron chi connectivity index (χ0n) is 12.6. The van der Waals surface area contributed by atoms with E-state index in [9.17, 15) is 0 Å². The average molecular weight is 265 g/mol. The van der Waals surface area contributed by atoms with E-state index in [0.29, 0.717) is 0 Å². The van der Waals surface area contributed by atoms with Gasteiger partial charge in [0.15, 0.2) is 0 Å². The van der Waals surface area contributed by atoms with Crippen LogP contribution in [0.2, 0.25) is 0 Å². The molecule has 19 heavy (non-hydrogen) atoms. The second-order valence-electron chi connectivity index (χ2n) is 7.05. The van der Waals surface area contributed by atoms with Crippen molar-refractivity contribution in [2.24, 2.45) is 11.8 Å². The number of nitrogens with zero attached hydrogens (tertiary/aromatic N) is 2. The second-order valence-corrected chi connectivity index (χ2v) is 7.05. The van der Waals surface area contributed by atoms with Gasteiger partial charge in [0.05, 0.1) is 0 Å². The van der Waals surface area contributed by atoms with E-state index in [0.717, 1.165) is 17.9 Å². The summed E-state index contributed by atoms with van der Waals surface area (Å²) in [6, 6.07) is 0.815. The first-order valence-corrected chi connectivity index (χ1v) is 8.50. The van der Waals surface area contributed by atoms with E-state index >= 15 is 0 Å². The minimum atomic E-state index is 0.815. The molecule has 0 aromatic heterocycles. The van der Waals surface area contributed by atoms with E-state index < -0.39 is 0 Å². The molecule has 0 saturated carbocycles. The lowest BCUT2D eigenvalue weighted by Gasteiger charge is -2.42. The molecule has 0 amide bonds. The van der Waals surface area contributed by atoms with Crippen molar-refractivity contribution in [2.75, 3.05) is 45.8 Å². The number of hydrogen-bond donors (Lipinski definition) is 1. The topological polar surface area (TPSA) is 18.5 Å². The van der Waals surface area contributed by atoms with Gasteiger partial charge >= 0.3 is 0 Å². The van der Waals surface area contributed by atoms with Crippen molar-refractivity contribution < 1.29 is 0 Å². The third-order valence-corrected chi connectivity index (χ3v) is 5.57. The zero-order chi connectivity index (χ0) is 13.1. The van der Waals surface area contributed by atoms with E-state index in [2.05, 4.69) is 22.0 Å². The molecule has 2 unspecified atom stereocenters. The minimum absolute atomic E-state index is 0.815. The first-order chi connectivity index (χ1) is 9.33. The van der Waals surface area contributed by atoms with Crippen LogP contribution in [0.4, 0.5) is 0 Å². The molecule has 3 rings (SSSR count). The highest BCUT2D eigenvalue weighted by Crippen LogP contribution is 2.25. The molecule has 110 valence electrons. The van der Waals surface area contributed by atoms with Crippen LogP contribution >= 0.6 is 0 Å². The van der Waals surface area contributed by atoms with Crippen molar-refractivity contribution in [3.8, 4) is 0 Å². The van der Waals surface area contributed by atoms with Crippen molar-refractivity contribution in [1.29, 1.82) is 0 Å². The molecule has 0 aliphatic carbocycles. The molecule has 0 aromatic carbocycles. The van der Waals surface area contributed by atoms with Crippen LogP contribution < -0.4 is 5.32 Å². The Hall–Kier alpha value is -0.120. The van der Waals surface area contributed by atoms with Gasteiger partial charge in [-0.2, -0.15) is 0 Å². The van der Waals surface area contributed by atoms with E-state index in [1.807, 2.05) is 0 Å². The Labute approximate surface area is 118 Å². The van der Waals surface area contributed by atoms with E-state index in [-0.39, 0.29) is 0 Å². The molecule has 0 bridgehead atoms. The second kappa shape index (κ2) is 6.55. The number of hydrogen-bond acceptors (Lipinski definition) is 3. The van der Waals surface area contributed by atoms with Crippen molar-refractivity contribution in [3.63, 3.8) is 0 Å². The summed E-state index contributed by atoms with van der Waals surface area (Å²) < 4.78 is 0. The minimum Gasteiger partial charge on any atom is -0.315 e. The summed E-state index contributed by atoms with van der Waals surface area (Å²) in [5, 5.41) is 3.63. The SMILES string of the molecule is CC1CCN(CC2CCNCC2N2CCCC2)CC1. The van der Waals surface area contributed by atoms with Gasteiger partial charge in [-0.15, -0.1) is 0 Å². The van der Waals surface area contributed by atoms with Crippen LogP contribution in [0, 0.1) is 11.8 Å². The summed E-state index contributed by atoms with van der Waals surface area (Å²) in [6.07, 6.45) is 7.06.